The maximum atomic E-state index is 12.9. The second-order valence-electron chi connectivity index (χ2n) is 7.90. The molecule has 0 amide bonds. The van der Waals surface area contributed by atoms with E-state index >= 15 is 0 Å². The summed E-state index contributed by atoms with van der Waals surface area (Å²) in [5.41, 5.74) is 4.01. The monoisotopic (exact) mass is 549 g/mol. The second kappa shape index (κ2) is 11.2. The molecule has 0 aliphatic heterocycles. The van der Waals surface area contributed by atoms with E-state index in [-0.39, 0.29) is 42.9 Å². The molecule has 0 bridgehead atoms. The van der Waals surface area contributed by atoms with E-state index in [1.807, 2.05) is 55.8 Å². The van der Waals surface area contributed by atoms with Gasteiger partial charge in [0.25, 0.3) is 0 Å². The zero-order valence-electron chi connectivity index (χ0n) is 18.2. The Hall–Kier alpha value is -1.78. The number of aryl methyl sites for hydroxylation is 2. The molecule has 1 aromatic carbocycles. The van der Waals surface area contributed by atoms with E-state index in [4.69, 9.17) is 4.99 Å². The van der Waals surface area contributed by atoms with Crippen LogP contribution >= 0.6 is 24.0 Å². The van der Waals surface area contributed by atoms with E-state index in [0.29, 0.717) is 31.9 Å². The van der Waals surface area contributed by atoms with Crippen LogP contribution in [-0.4, -0.2) is 34.5 Å². The standard InChI is InChI=1S/C22H30F3N5.HI/c1-4-26-21(28-19-11-9-18(10-12-19)22(23,24)25)27-14-17-7-5-6-8-20(17)30-16(3)13-15(2)29-30;/h5-8,13,18-19H,4,9-12,14H2,1-3H3,(H2,26,27,28);1H. The minimum absolute atomic E-state index is 0. The molecule has 3 rings (SSSR count). The number of guanidine groups is 1. The summed E-state index contributed by atoms with van der Waals surface area (Å²) < 4.78 is 40.6. The summed E-state index contributed by atoms with van der Waals surface area (Å²) in [6.45, 7) is 7.08. The van der Waals surface area contributed by atoms with Gasteiger partial charge in [-0.3, -0.25) is 0 Å². The third kappa shape index (κ3) is 6.85. The highest BCUT2D eigenvalue weighted by atomic mass is 127. The number of nitrogens with one attached hydrogen (secondary N) is 2. The first-order chi connectivity index (χ1) is 14.3. The van der Waals surface area contributed by atoms with Gasteiger partial charge < -0.3 is 10.6 Å². The zero-order chi connectivity index (χ0) is 21.7. The van der Waals surface area contributed by atoms with E-state index in [1.165, 1.54) is 0 Å². The van der Waals surface area contributed by atoms with Crippen LogP contribution in [-0.2, 0) is 6.54 Å². The minimum atomic E-state index is -4.09. The summed E-state index contributed by atoms with van der Waals surface area (Å²) in [6, 6.07) is 10.0. The zero-order valence-corrected chi connectivity index (χ0v) is 20.5. The topological polar surface area (TPSA) is 54.2 Å². The molecule has 0 radical (unpaired) electrons. The van der Waals surface area contributed by atoms with Crippen molar-refractivity contribution >= 4 is 29.9 Å². The highest BCUT2D eigenvalue weighted by Crippen LogP contribution is 2.37. The number of alkyl halides is 3. The van der Waals surface area contributed by atoms with Gasteiger partial charge >= 0.3 is 6.18 Å². The maximum Gasteiger partial charge on any atom is 0.391 e. The number of aromatic nitrogens is 2. The lowest BCUT2D eigenvalue weighted by Gasteiger charge is -2.31. The molecule has 0 saturated heterocycles. The minimum Gasteiger partial charge on any atom is -0.357 e. The lowest BCUT2D eigenvalue weighted by molar-refractivity contribution is -0.182. The molecule has 1 aliphatic rings. The van der Waals surface area contributed by atoms with Crippen molar-refractivity contribution in [3.63, 3.8) is 0 Å². The van der Waals surface area contributed by atoms with Crippen LogP contribution in [0.4, 0.5) is 13.2 Å². The fraction of sp³-hybridized carbons (Fsp3) is 0.545. The number of benzene rings is 1. The molecule has 0 unspecified atom stereocenters. The Kier molecular flexibility index (Phi) is 9.20. The van der Waals surface area contributed by atoms with Crippen molar-refractivity contribution in [3.8, 4) is 5.69 Å². The predicted octanol–water partition coefficient (Wildman–Crippen LogP) is 5.28. The van der Waals surface area contributed by atoms with Crippen LogP contribution < -0.4 is 10.6 Å². The fourth-order valence-corrected chi connectivity index (χ4v) is 3.97. The van der Waals surface area contributed by atoms with Gasteiger partial charge in [0.05, 0.1) is 23.8 Å². The van der Waals surface area contributed by atoms with Crippen molar-refractivity contribution in [2.45, 2.75) is 65.2 Å². The molecule has 5 nitrogen and oxygen atoms in total. The van der Waals surface area contributed by atoms with Gasteiger partial charge in [-0.15, -0.1) is 24.0 Å². The van der Waals surface area contributed by atoms with Crippen molar-refractivity contribution in [1.82, 2.24) is 20.4 Å². The lowest BCUT2D eigenvalue weighted by Crippen LogP contribution is -2.45. The van der Waals surface area contributed by atoms with E-state index in [1.54, 1.807) is 0 Å². The van der Waals surface area contributed by atoms with E-state index in [9.17, 15) is 13.2 Å². The predicted molar refractivity (Wildman–Crippen MR) is 128 cm³/mol. The number of hydrogen-bond acceptors (Lipinski definition) is 2. The Balaban J connectivity index is 0.00000341. The van der Waals surface area contributed by atoms with E-state index in [2.05, 4.69) is 15.7 Å². The van der Waals surface area contributed by atoms with Gasteiger partial charge in [-0.2, -0.15) is 18.3 Å². The van der Waals surface area contributed by atoms with Crippen LogP contribution in [0.5, 0.6) is 0 Å². The van der Waals surface area contributed by atoms with Crippen molar-refractivity contribution < 1.29 is 13.2 Å². The summed E-state index contributed by atoms with van der Waals surface area (Å²) in [6.07, 6.45) is -2.76. The van der Waals surface area contributed by atoms with Gasteiger partial charge in [0, 0.05) is 18.3 Å². The Morgan fingerprint density at radius 3 is 2.42 bits per heavy atom. The molecular formula is C22H31F3IN5. The Labute approximate surface area is 198 Å². The Morgan fingerprint density at radius 1 is 1.16 bits per heavy atom. The number of hydrogen-bond donors (Lipinski definition) is 2. The molecule has 31 heavy (non-hydrogen) atoms. The van der Waals surface area contributed by atoms with Crippen molar-refractivity contribution in [2.75, 3.05) is 6.54 Å². The van der Waals surface area contributed by atoms with Gasteiger partial charge in [0.15, 0.2) is 5.96 Å². The average molecular weight is 549 g/mol. The van der Waals surface area contributed by atoms with Crippen molar-refractivity contribution in [2.24, 2.45) is 10.9 Å². The molecule has 1 saturated carbocycles. The first-order valence-electron chi connectivity index (χ1n) is 10.5. The number of nitrogens with zero attached hydrogens (tertiary/aromatic N) is 3. The van der Waals surface area contributed by atoms with Crippen molar-refractivity contribution in [3.05, 3.63) is 47.3 Å². The molecule has 172 valence electrons. The van der Waals surface area contributed by atoms with Gasteiger partial charge in [-0.05, 0) is 64.2 Å². The fourth-order valence-electron chi connectivity index (χ4n) is 3.97. The first kappa shape index (κ1) is 25.5. The normalized spacial score (nSPS) is 19.6. The third-order valence-electron chi connectivity index (χ3n) is 5.51. The molecule has 0 atom stereocenters. The number of rotatable bonds is 5. The number of para-hydroxylation sites is 1. The summed E-state index contributed by atoms with van der Waals surface area (Å²) in [4.78, 5) is 4.70. The summed E-state index contributed by atoms with van der Waals surface area (Å²) in [7, 11) is 0. The lowest BCUT2D eigenvalue weighted by atomic mass is 9.85. The van der Waals surface area contributed by atoms with Gasteiger partial charge in [-0.1, -0.05) is 18.2 Å². The highest BCUT2D eigenvalue weighted by Gasteiger charge is 2.41. The van der Waals surface area contributed by atoms with Crippen molar-refractivity contribution in [1.29, 1.82) is 0 Å². The first-order valence-corrected chi connectivity index (χ1v) is 10.5. The van der Waals surface area contributed by atoms with Gasteiger partial charge in [0.2, 0.25) is 0 Å². The highest BCUT2D eigenvalue weighted by molar-refractivity contribution is 14.0. The summed E-state index contributed by atoms with van der Waals surface area (Å²) in [5.74, 6) is -0.543. The third-order valence-corrected chi connectivity index (χ3v) is 5.51. The molecule has 1 fully saturated rings. The summed E-state index contributed by atoms with van der Waals surface area (Å²) in [5, 5.41) is 11.1. The molecule has 0 spiro atoms. The molecule has 1 aromatic heterocycles. The van der Waals surface area contributed by atoms with Crippen LogP contribution in [0.2, 0.25) is 0 Å². The second-order valence-corrected chi connectivity index (χ2v) is 7.90. The Bertz CT molecular complexity index is 870. The number of aliphatic imine (C=N–C) groups is 1. The molecule has 1 aliphatic carbocycles. The Morgan fingerprint density at radius 2 is 1.84 bits per heavy atom. The van der Waals surface area contributed by atoms with E-state index in [0.717, 1.165) is 22.6 Å². The number of halogens is 4. The average Bonchev–Trinajstić information content (AvgIpc) is 3.04. The molecule has 2 aromatic rings. The smallest absolute Gasteiger partial charge is 0.357 e. The van der Waals surface area contributed by atoms with Crippen LogP contribution in [0.3, 0.4) is 0 Å². The SMILES string of the molecule is CCNC(=NCc1ccccc1-n1nc(C)cc1C)NC1CCC(C(F)(F)F)CC1.I. The van der Waals surface area contributed by atoms with Gasteiger partial charge in [-0.25, -0.2) is 9.67 Å². The maximum absolute atomic E-state index is 12.9. The van der Waals surface area contributed by atoms with Crippen LogP contribution in [0.15, 0.2) is 35.3 Å². The van der Waals surface area contributed by atoms with Crippen LogP contribution in [0, 0.1) is 19.8 Å². The molecule has 9 heteroatoms. The summed E-state index contributed by atoms with van der Waals surface area (Å²) >= 11 is 0. The molecule has 1 heterocycles. The quantitative estimate of drug-likeness (QED) is 0.303. The largest absolute Gasteiger partial charge is 0.391 e. The van der Waals surface area contributed by atoms with Crippen LogP contribution in [0.1, 0.15) is 49.6 Å². The molecule has 2 N–H and O–H groups in total. The van der Waals surface area contributed by atoms with Gasteiger partial charge in [0.1, 0.15) is 0 Å². The molecular weight excluding hydrogens is 518 g/mol. The van der Waals surface area contributed by atoms with E-state index < -0.39 is 12.1 Å². The van der Waals surface area contributed by atoms with Crippen LogP contribution in [0.25, 0.3) is 5.69 Å².